The number of amides is 2. The van der Waals surface area contributed by atoms with Crippen LogP contribution in [0, 0.1) is 5.82 Å². The molecule has 0 radical (unpaired) electrons. The first kappa shape index (κ1) is 30.5. The average Bonchev–Trinajstić information content (AvgIpc) is 3.51. The molecule has 4 aromatic rings. The Kier molecular flexibility index (Phi) is 8.22. The number of nitrogens with one attached hydrogen (secondary N) is 1. The van der Waals surface area contributed by atoms with Gasteiger partial charge in [-0.1, -0.05) is 35.0 Å². The number of fused-ring (bicyclic) bond motifs is 1. The Hall–Kier alpha value is -4.50. The van der Waals surface area contributed by atoms with Crippen molar-refractivity contribution in [1.29, 1.82) is 0 Å². The first-order valence-corrected chi connectivity index (χ1v) is 16.2. The first-order chi connectivity index (χ1) is 21.5. The van der Waals surface area contributed by atoms with Gasteiger partial charge >= 0.3 is 5.97 Å². The van der Waals surface area contributed by atoms with Gasteiger partial charge in [0.2, 0.25) is 0 Å². The number of aromatic nitrogens is 3. The van der Waals surface area contributed by atoms with Gasteiger partial charge in [-0.3, -0.25) is 18.7 Å². The number of halogens is 2. The molecule has 1 unspecified atom stereocenters. The van der Waals surface area contributed by atoms with E-state index in [2.05, 4.69) is 20.5 Å². The summed E-state index contributed by atoms with van der Waals surface area (Å²) in [5, 5.41) is 19.8. The lowest BCUT2D eigenvalue weighted by Crippen LogP contribution is -2.46. The quantitative estimate of drug-likeness (QED) is 0.231. The zero-order valence-electron chi connectivity index (χ0n) is 23.6. The van der Waals surface area contributed by atoms with Crippen LogP contribution < -0.4 is 10.2 Å². The third-order valence-corrected chi connectivity index (χ3v) is 9.88. The maximum atomic E-state index is 14.7. The summed E-state index contributed by atoms with van der Waals surface area (Å²) >= 11 is 5.92. The lowest BCUT2D eigenvalue weighted by Gasteiger charge is -2.44. The second-order valence-corrected chi connectivity index (χ2v) is 13.5. The summed E-state index contributed by atoms with van der Waals surface area (Å²) < 4.78 is 36.0. The lowest BCUT2D eigenvalue weighted by molar-refractivity contribution is -0.121. The average molecular weight is 655 g/mol. The third kappa shape index (κ3) is 6.09. The fraction of sp³-hybridized carbons (Fsp3) is 0.233. The highest BCUT2D eigenvalue weighted by atomic mass is 35.5. The summed E-state index contributed by atoms with van der Waals surface area (Å²) in [5.74, 6) is -2.50. The standard InChI is InChI=1S/C30H28ClFN6O6S/c31-22-4-2-6-25(26(22)32)38-17-23(34-35-38)29(40)37-12-11-20-21(3-1-5-24(20)36-13-15-45(43,44)16-14-36)27(37)28(39)33-19-9-7-18(8-10-19)30(41)42/h1-10,17,27,43-44H,11-16H2,(H,33,39)(H,41,42). The largest absolute Gasteiger partial charge is 0.478 e. The molecule has 2 aliphatic heterocycles. The van der Waals surface area contributed by atoms with Crippen LogP contribution in [0.3, 0.4) is 0 Å². The van der Waals surface area contributed by atoms with Crippen molar-refractivity contribution in [2.45, 2.75) is 12.5 Å². The number of carbonyl (C=O) groups excluding carboxylic acids is 2. The number of carbonyl (C=O) groups is 3. The van der Waals surface area contributed by atoms with Crippen molar-refractivity contribution < 1.29 is 33.0 Å². The Labute approximate surface area is 263 Å². The second kappa shape index (κ2) is 12.1. The second-order valence-electron chi connectivity index (χ2n) is 10.7. The number of anilines is 2. The first-order valence-electron chi connectivity index (χ1n) is 13.9. The molecule has 234 valence electrons. The number of benzene rings is 3. The van der Waals surface area contributed by atoms with E-state index in [4.69, 9.17) is 11.6 Å². The highest BCUT2D eigenvalue weighted by Gasteiger charge is 2.39. The van der Waals surface area contributed by atoms with Gasteiger partial charge in [0.05, 0.1) is 28.3 Å². The van der Waals surface area contributed by atoms with Gasteiger partial charge in [0, 0.05) is 31.0 Å². The number of rotatable bonds is 6. The van der Waals surface area contributed by atoms with Crippen LogP contribution in [-0.2, 0) is 11.2 Å². The molecule has 3 heterocycles. The van der Waals surface area contributed by atoms with Gasteiger partial charge in [0.1, 0.15) is 11.7 Å². The Morgan fingerprint density at radius 3 is 2.36 bits per heavy atom. The smallest absolute Gasteiger partial charge is 0.335 e. The predicted octanol–water partition coefficient (Wildman–Crippen LogP) is 4.71. The molecule has 2 amide bonds. The molecule has 1 aromatic heterocycles. The number of hydrogen-bond donors (Lipinski definition) is 4. The van der Waals surface area contributed by atoms with E-state index < -0.39 is 40.2 Å². The van der Waals surface area contributed by atoms with Gasteiger partial charge < -0.3 is 20.2 Å². The van der Waals surface area contributed by atoms with Crippen LogP contribution in [-0.4, -0.2) is 83.0 Å². The van der Waals surface area contributed by atoms with Gasteiger partial charge in [-0.15, -0.1) is 5.10 Å². The van der Waals surface area contributed by atoms with Gasteiger partial charge in [-0.2, -0.15) is 10.6 Å². The molecule has 45 heavy (non-hydrogen) atoms. The summed E-state index contributed by atoms with van der Waals surface area (Å²) in [6.07, 6.45) is 1.67. The van der Waals surface area contributed by atoms with Gasteiger partial charge in [0.25, 0.3) is 11.8 Å². The minimum Gasteiger partial charge on any atom is -0.478 e. The highest BCUT2D eigenvalue weighted by molar-refractivity contribution is 8.24. The molecule has 15 heteroatoms. The summed E-state index contributed by atoms with van der Waals surface area (Å²) in [5.41, 5.74) is 2.56. The van der Waals surface area contributed by atoms with Crippen molar-refractivity contribution in [2.24, 2.45) is 0 Å². The Bertz CT molecular complexity index is 1790. The molecule has 0 spiro atoms. The predicted molar refractivity (Wildman–Crippen MR) is 167 cm³/mol. The summed E-state index contributed by atoms with van der Waals surface area (Å²) in [6.45, 7) is 0.995. The van der Waals surface area contributed by atoms with E-state index in [-0.39, 0.29) is 40.0 Å². The molecule has 2 aliphatic rings. The maximum Gasteiger partial charge on any atom is 0.335 e. The Morgan fingerprint density at radius 2 is 1.64 bits per heavy atom. The summed E-state index contributed by atoms with van der Waals surface area (Å²) in [6, 6.07) is 14.4. The third-order valence-electron chi connectivity index (χ3n) is 7.91. The number of aromatic carboxylic acids is 1. The molecule has 1 fully saturated rings. The number of carboxylic acids is 1. The van der Waals surface area contributed by atoms with Crippen molar-refractivity contribution >= 4 is 51.3 Å². The minimum absolute atomic E-state index is 0.0000664. The van der Waals surface area contributed by atoms with Crippen molar-refractivity contribution in [2.75, 3.05) is 41.4 Å². The summed E-state index contributed by atoms with van der Waals surface area (Å²) in [7, 11) is -2.63. The van der Waals surface area contributed by atoms with Gasteiger partial charge in [-0.25, -0.2) is 13.9 Å². The molecule has 0 aliphatic carbocycles. The highest BCUT2D eigenvalue weighted by Crippen LogP contribution is 2.43. The topological polar surface area (TPSA) is 161 Å². The molecule has 0 bridgehead atoms. The lowest BCUT2D eigenvalue weighted by atomic mass is 9.89. The number of carboxylic acid groups (broad SMARTS) is 1. The van der Waals surface area contributed by atoms with Crippen molar-refractivity contribution in [1.82, 2.24) is 19.9 Å². The molecule has 3 aromatic carbocycles. The molecule has 0 saturated carbocycles. The molecule has 12 nitrogen and oxygen atoms in total. The fourth-order valence-electron chi connectivity index (χ4n) is 5.62. The van der Waals surface area contributed by atoms with E-state index in [1.807, 2.05) is 6.07 Å². The number of hydrogen-bond acceptors (Lipinski definition) is 8. The van der Waals surface area contributed by atoms with E-state index in [9.17, 15) is 33.0 Å². The van der Waals surface area contributed by atoms with E-state index in [0.29, 0.717) is 30.8 Å². The van der Waals surface area contributed by atoms with Crippen LogP contribution in [0.1, 0.15) is 38.0 Å². The van der Waals surface area contributed by atoms with Gasteiger partial charge in [0.15, 0.2) is 11.5 Å². The van der Waals surface area contributed by atoms with Crippen LogP contribution in [0.5, 0.6) is 0 Å². The normalized spacial score (nSPS) is 18.2. The minimum atomic E-state index is -2.63. The van der Waals surface area contributed by atoms with Crippen molar-refractivity contribution in [3.8, 4) is 5.69 Å². The molecular weight excluding hydrogens is 627 g/mol. The maximum absolute atomic E-state index is 14.7. The zero-order chi connectivity index (χ0) is 31.9. The molecule has 1 atom stereocenters. The Morgan fingerprint density at radius 1 is 0.956 bits per heavy atom. The van der Waals surface area contributed by atoms with Crippen LogP contribution in [0.25, 0.3) is 5.69 Å². The van der Waals surface area contributed by atoms with Crippen LogP contribution >= 0.6 is 22.2 Å². The van der Waals surface area contributed by atoms with E-state index in [0.717, 1.165) is 15.9 Å². The SMILES string of the molecule is O=C(O)c1ccc(NC(=O)C2c3cccc(N4CCS(O)(O)CC4)c3CCN2C(=O)c2cn(-c3cccc(Cl)c3F)nn2)cc1. The Balaban J connectivity index is 1.35. The monoisotopic (exact) mass is 654 g/mol. The van der Waals surface area contributed by atoms with Crippen LogP contribution in [0.2, 0.25) is 5.02 Å². The molecule has 4 N–H and O–H groups in total. The van der Waals surface area contributed by atoms with Gasteiger partial charge in [-0.05, 0) is 60.0 Å². The van der Waals surface area contributed by atoms with Crippen molar-refractivity contribution in [3.05, 3.63) is 100 Å². The van der Waals surface area contributed by atoms with E-state index >= 15 is 0 Å². The van der Waals surface area contributed by atoms with E-state index in [1.165, 1.54) is 53.6 Å². The fourth-order valence-corrected chi connectivity index (χ4v) is 7.02. The van der Waals surface area contributed by atoms with Crippen LogP contribution in [0.15, 0.2) is 66.9 Å². The number of nitrogens with zero attached hydrogens (tertiary/aromatic N) is 5. The van der Waals surface area contributed by atoms with Crippen LogP contribution in [0.4, 0.5) is 15.8 Å². The zero-order valence-corrected chi connectivity index (χ0v) is 25.2. The summed E-state index contributed by atoms with van der Waals surface area (Å²) in [4.78, 5) is 42.6. The molecule has 1 saturated heterocycles. The van der Waals surface area contributed by atoms with Crippen molar-refractivity contribution in [3.63, 3.8) is 0 Å². The van der Waals surface area contributed by atoms with E-state index in [1.54, 1.807) is 12.1 Å². The molecule has 6 rings (SSSR count). The molecular formula is C30H28ClFN6O6S.